The second kappa shape index (κ2) is 4.51. The number of aromatic nitrogens is 2. The summed E-state index contributed by atoms with van der Waals surface area (Å²) in [5.41, 5.74) is 6.63. The molecule has 0 spiro atoms. The van der Waals surface area contributed by atoms with Crippen LogP contribution in [0.5, 0.6) is 0 Å². The number of nitrogens with one attached hydrogen (secondary N) is 2. The van der Waals surface area contributed by atoms with Crippen LogP contribution in [0.2, 0.25) is 0 Å². The summed E-state index contributed by atoms with van der Waals surface area (Å²) in [5, 5.41) is 9.70. The number of carbonyl (C=O) groups excluding carboxylic acids is 1. The third-order valence-electron chi connectivity index (χ3n) is 3.61. The summed E-state index contributed by atoms with van der Waals surface area (Å²) in [7, 11) is 0. The second-order valence-electron chi connectivity index (χ2n) is 5.20. The molecule has 6 nitrogen and oxygen atoms in total. The highest BCUT2D eigenvalue weighted by molar-refractivity contribution is 5.68. The summed E-state index contributed by atoms with van der Waals surface area (Å²) in [6.45, 7) is 0. The first-order valence-corrected chi connectivity index (χ1v) is 6.48. The topological polar surface area (TPSA) is 93.0 Å². The van der Waals surface area contributed by atoms with Crippen LogP contribution in [0.3, 0.4) is 0 Å². The number of hydrogen-bond acceptors (Lipinski definition) is 4. The fraction of sp³-hybridized carbons (Fsp3) is 0.667. The van der Waals surface area contributed by atoms with Crippen LogP contribution in [-0.2, 0) is 4.74 Å². The summed E-state index contributed by atoms with van der Waals surface area (Å²) < 4.78 is 5.41. The zero-order valence-electron chi connectivity index (χ0n) is 10.2. The van der Waals surface area contributed by atoms with Gasteiger partial charge >= 0.3 is 6.09 Å². The number of nitrogens with two attached hydrogens (primary N) is 1. The van der Waals surface area contributed by atoms with Gasteiger partial charge in [0.15, 0.2) is 0 Å². The molecule has 2 saturated carbocycles. The van der Waals surface area contributed by atoms with E-state index >= 15 is 0 Å². The number of hydrogen-bond donors (Lipinski definition) is 3. The van der Waals surface area contributed by atoms with Crippen molar-refractivity contribution in [2.24, 2.45) is 0 Å². The minimum absolute atomic E-state index is 0.0123. The van der Waals surface area contributed by atoms with Crippen molar-refractivity contribution < 1.29 is 9.53 Å². The number of anilines is 1. The molecule has 4 N–H and O–H groups in total. The quantitative estimate of drug-likeness (QED) is 0.758. The maximum atomic E-state index is 11.5. The number of nitrogen functional groups attached to an aromatic ring is 1. The van der Waals surface area contributed by atoms with Gasteiger partial charge in [0.1, 0.15) is 11.9 Å². The molecule has 18 heavy (non-hydrogen) atoms. The minimum atomic E-state index is -0.271. The molecular formula is C12H18N4O2. The molecule has 0 unspecified atom stereocenters. The Hall–Kier alpha value is -1.72. The standard InChI is InChI=1S/C12H18N4O2/c13-11-6-10(15-16-11)7-1-4-9(5-7)18-12(17)14-8-2-3-8/h6-9H,1-5H2,(H,14,17)(H3,13,15,16)/t7-,9+/m0/s1. The van der Waals surface area contributed by atoms with Gasteiger partial charge in [-0.05, 0) is 32.1 Å². The van der Waals surface area contributed by atoms with Crippen LogP contribution in [0.1, 0.15) is 43.7 Å². The molecule has 6 heteroatoms. The van der Waals surface area contributed by atoms with Gasteiger partial charge in [-0.25, -0.2) is 4.79 Å². The Bertz CT molecular complexity index is 441. The van der Waals surface area contributed by atoms with Crippen molar-refractivity contribution in [3.63, 3.8) is 0 Å². The Labute approximate surface area is 105 Å². The van der Waals surface area contributed by atoms with Gasteiger partial charge in [-0.3, -0.25) is 5.10 Å². The SMILES string of the molecule is Nc1cc([C@H]2CC[C@@H](OC(=O)NC3CC3)C2)[nH]n1. The summed E-state index contributed by atoms with van der Waals surface area (Å²) in [6, 6.07) is 2.21. The highest BCUT2D eigenvalue weighted by Crippen LogP contribution is 2.35. The Kier molecular flexibility index (Phi) is 2.85. The third-order valence-corrected chi connectivity index (χ3v) is 3.61. The highest BCUT2D eigenvalue weighted by atomic mass is 16.6. The molecule has 0 aliphatic heterocycles. The molecule has 2 atom stereocenters. The van der Waals surface area contributed by atoms with E-state index in [0.29, 0.717) is 17.8 Å². The van der Waals surface area contributed by atoms with E-state index in [1.165, 1.54) is 0 Å². The Morgan fingerprint density at radius 1 is 1.44 bits per heavy atom. The van der Waals surface area contributed by atoms with Crippen LogP contribution >= 0.6 is 0 Å². The predicted octanol–water partition coefficient (Wildman–Crippen LogP) is 1.52. The molecule has 2 aliphatic carbocycles. The Morgan fingerprint density at radius 2 is 2.28 bits per heavy atom. The van der Waals surface area contributed by atoms with E-state index in [2.05, 4.69) is 15.5 Å². The normalized spacial score (nSPS) is 27.1. The second-order valence-corrected chi connectivity index (χ2v) is 5.20. The average Bonchev–Trinajstić information content (AvgIpc) is 2.85. The van der Waals surface area contributed by atoms with Gasteiger partial charge in [0.25, 0.3) is 0 Å². The number of nitrogens with zero attached hydrogens (tertiary/aromatic N) is 1. The molecule has 2 aliphatic rings. The lowest BCUT2D eigenvalue weighted by Gasteiger charge is -2.12. The Balaban J connectivity index is 1.50. The van der Waals surface area contributed by atoms with E-state index in [1.807, 2.05) is 6.07 Å². The highest BCUT2D eigenvalue weighted by Gasteiger charge is 2.31. The smallest absolute Gasteiger partial charge is 0.407 e. The van der Waals surface area contributed by atoms with Crippen LogP contribution in [0.4, 0.5) is 10.6 Å². The molecule has 0 aromatic carbocycles. The number of amides is 1. The van der Waals surface area contributed by atoms with Crippen LogP contribution in [0.25, 0.3) is 0 Å². The molecule has 1 aromatic heterocycles. The zero-order chi connectivity index (χ0) is 12.5. The monoisotopic (exact) mass is 250 g/mol. The fourth-order valence-corrected chi connectivity index (χ4v) is 2.47. The molecule has 0 radical (unpaired) electrons. The van der Waals surface area contributed by atoms with Crippen LogP contribution in [0.15, 0.2) is 6.07 Å². The number of carbonyl (C=O) groups is 1. The van der Waals surface area contributed by atoms with Crippen molar-refractivity contribution in [2.75, 3.05) is 5.73 Å². The fourth-order valence-electron chi connectivity index (χ4n) is 2.47. The lowest BCUT2D eigenvalue weighted by atomic mass is 10.0. The van der Waals surface area contributed by atoms with Crippen molar-refractivity contribution in [1.82, 2.24) is 15.5 Å². The summed E-state index contributed by atoms with van der Waals surface area (Å²) >= 11 is 0. The van der Waals surface area contributed by atoms with Crippen molar-refractivity contribution >= 4 is 11.9 Å². The van der Waals surface area contributed by atoms with Crippen LogP contribution in [0, 0.1) is 0 Å². The van der Waals surface area contributed by atoms with Gasteiger partial charge in [-0.15, -0.1) is 0 Å². The van der Waals surface area contributed by atoms with E-state index in [-0.39, 0.29) is 12.2 Å². The summed E-state index contributed by atoms with van der Waals surface area (Å²) in [6.07, 6.45) is 4.65. The van der Waals surface area contributed by atoms with E-state index in [0.717, 1.165) is 37.8 Å². The van der Waals surface area contributed by atoms with Gasteiger partial charge in [0.2, 0.25) is 0 Å². The van der Waals surface area contributed by atoms with Gasteiger partial charge in [-0.1, -0.05) is 0 Å². The van der Waals surface area contributed by atoms with E-state index in [1.54, 1.807) is 0 Å². The summed E-state index contributed by atoms with van der Waals surface area (Å²) in [5.74, 6) is 0.884. The van der Waals surface area contributed by atoms with Gasteiger partial charge in [0, 0.05) is 23.7 Å². The first-order chi connectivity index (χ1) is 8.70. The number of alkyl carbamates (subject to hydrolysis) is 1. The molecule has 98 valence electrons. The van der Waals surface area contributed by atoms with Crippen LogP contribution in [-0.4, -0.2) is 28.4 Å². The largest absolute Gasteiger partial charge is 0.446 e. The maximum Gasteiger partial charge on any atom is 0.407 e. The van der Waals surface area contributed by atoms with E-state index in [4.69, 9.17) is 10.5 Å². The number of rotatable bonds is 3. The first-order valence-electron chi connectivity index (χ1n) is 6.48. The predicted molar refractivity (Wildman–Crippen MR) is 66.0 cm³/mol. The molecule has 0 saturated heterocycles. The molecule has 1 amide bonds. The zero-order valence-corrected chi connectivity index (χ0v) is 10.2. The van der Waals surface area contributed by atoms with Gasteiger partial charge in [-0.2, -0.15) is 5.10 Å². The first kappa shape index (κ1) is 11.4. The summed E-state index contributed by atoms with van der Waals surface area (Å²) in [4.78, 5) is 11.5. The van der Waals surface area contributed by atoms with Gasteiger partial charge < -0.3 is 15.8 Å². The minimum Gasteiger partial charge on any atom is -0.446 e. The molecule has 1 aromatic rings. The van der Waals surface area contributed by atoms with Crippen LogP contribution < -0.4 is 11.1 Å². The van der Waals surface area contributed by atoms with E-state index in [9.17, 15) is 4.79 Å². The average molecular weight is 250 g/mol. The van der Waals surface area contributed by atoms with Crippen molar-refractivity contribution in [1.29, 1.82) is 0 Å². The van der Waals surface area contributed by atoms with Crippen molar-refractivity contribution in [3.05, 3.63) is 11.8 Å². The number of aromatic amines is 1. The number of ether oxygens (including phenoxy) is 1. The van der Waals surface area contributed by atoms with Crippen molar-refractivity contribution in [2.45, 2.75) is 50.2 Å². The molecule has 0 bridgehead atoms. The molecule has 1 heterocycles. The lowest BCUT2D eigenvalue weighted by molar-refractivity contribution is 0.0997. The maximum absolute atomic E-state index is 11.5. The third kappa shape index (κ3) is 2.57. The van der Waals surface area contributed by atoms with Crippen molar-refractivity contribution in [3.8, 4) is 0 Å². The lowest BCUT2D eigenvalue weighted by Crippen LogP contribution is -2.29. The Morgan fingerprint density at radius 3 is 2.94 bits per heavy atom. The van der Waals surface area contributed by atoms with Gasteiger partial charge in [0.05, 0.1) is 0 Å². The molecular weight excluding hydrogens is 232 g/mol. The molecule has 2 fully saturated rings. The number of H-pyrrole nitrogens is 1. The van der Waals surface area contributed by atoms with E-state index < -0.39 is 0 Å². The molecule has 3 rings (SSSR count).